The van der Waals surface area contributed by atoms with Crippen LogP contribution < -0.4 is 11.1 Å². The molecular formula is C11H21N5. The van der Waals surface area contributed by atoms with Crippen LogP contribution in [0.2, 0.25) is 0 Å². The van der Waals surface area contributed by atoms with Crippen molar-refractivity contribution >= 4 is 11.6 Å². The van der Waals surface area contributed by atoms with Gasteiger partial charge in [-0.25, -0.2) is 4.98 Å². The summed E-state index contributed by atoms with van der Waals surface area (Å²) in [6, 6.07) is 0. The quantitative estimate of drug-likeness (QED) is 0.716. The Balaban J connectivity index is 1.85. The molecule has 16 heavy (non-hydrogen) atoms. The van der Waals surface area contributed by atoms with Crippen molar-refractivity contribution in [2.75, 3.05) is 37.7 Å². The highest BCUT2D eigenvalue weighted by Crippen LogP contribution is 2.18. The molecule has 0 bridgehead atoms. The Labute approximate surface area is 96.4 Å². The van der Waals surface area contributed by atoms with Gasteiger partial charge in [0.05, 0.1) is 0 Å². The number of hydrogen-bond donors (Lipinski definition) is 3. The van der Waals surface area contributed by atoms with Crippen LogP contribution in [0.25, 0.3) is 0 Å². The standard InChI is InChI=1S/C11H21N5/c1-8-14-10(12)11(15-8)13-6-9-4-3-5-16(2)7-9/h9,13H,3-7,12H2,1-2H3,(H,14,15). The van der Waals surface area contributed by atoms with Gasteiger partial charge in [0.1, 0.15) is 11.6 Å². The van der Waals surface area contributed by atoms with Gasteiger partial charge in [0.15, 0.2) is 5.82 Å². The van der Waals surface area contributed by atoms with E-state index in [0.717, 1.165) is 24.7 Å². The molecule has 2 rings (SSSR count). The first kappa shape index (κ1) is 11.3. The van der Waals surface area contributed by atoms with Crippen LogP contribution in [0, 0.1) is 12.8 Å². The van der Waals surface area contributed by atoms with E-state index in [1.165, 1.54) is 19.4 Å². The van der Waals surface area contributed by atoms with Crippen LogP contribution in [0.3, 0.4) is 0 Å². The number of anilines is 2. The van der Waals surface area contributed by atoms with Crippen LogP contribution in [0.5, 0.6) is 0 Å². The number of nitrogens with two attached hydrogens (primary N) is 1. The number of hydrogen-bond acceptors (Lipinski definition) is 4. The highest BCUT2D eigenvalue weighted by molar-refractivity contribution is 5.56. The van der Waals surface area contributed by atoms with E-state index in [0.29, 0.717) is 11.7 Å². The molecule has 1 unspecified atom stereocenters. The second-order valence-corrected chi connectivity index (χ2v) is 4.74. The lowest BCUT2D eigenvalue weighted by atomic mass is 9.98. The minimum Gasteiger partial charge on any atom is -0.382 e. The van der Waals surface area contributed by atoms with Crippen LogP contribution >= 0.6 is 0 Å². The molecule has 5 heteroatoms. The van der Waals surface area contributed by atoms with Crippen LogP contribution in [0.4, 0.5) is 11.6 Å². The molecule has 1 aromatic heterocycles. The van der Waals surface area contributed by atoms with Gasteiger partial charge in [0.25, 0.3) is 0 Å². The maximum absolute atomic E-state index is 5.79. The lowest BCUT2D eigenvalue weighted by molar-refractivity contribution is 0.217. The number of H-pyrrole nitrogens is 1. The Bertz CT molecular complexity index is 346. The summed E-state index contributed by atoms with van der Waals surface area (Å²) in [4.78, 5) is 9.69. The lowest BCUT2D eigenvalue weighted by Gasteiger charge is -2.29. The summed E-state index contributed by atoms with van der Waals surface area (Å²) >= 11 is 0. The van der Waals surface area contributed by atoms with Crippen molar-refractivity contribution in [3.63, 3.8) is 0 Å². The van der Waals surface area contributed by atoms with Crippen molar-refractivity contribution in [1.82, 2.24) is 14.9 Å². The normalized spacial score (nSPS) is 22.2. The third kappa shape index (κ3) is 2.66. The monoisotopic (exact) mass is 223 g/mol. The fourth-order valence-electron chi connectivity index (χ4n) is 2.33. The fraction of sp³-hybridized carbons (Fsp3) is 0.727. The number of aryl methyl sites for hydroxylation is 1. The van der Waals surface area contributed by atoms with Crippen molar-refractivity contribution in [3.05, 3.63) is 5.82 Å². The summed E-state index contributed by atoms with van der Waals surface area (Å²) in [5, 5.41) is 3.33. The predicted octanol–water partition coefficient (Wildman–Crippen LogP) is 1.05. The maximum atomic E-state index is 5.79. The number of aromatic amines is 1. The van der Waals surface area contributed by atoms with Gasteiger partial charge in [0.2, 0.25) is 0 Å². The van der Waals surface area contributed by atoms with Crippen molar-refractivity contribution in [3.8, 4) is 0 Å². The highest BCUT2D eigenvalue weighted by Gasteiger charge is 2.17. The number of nitrogen functional groups attached to an aromatic ring is 1. The minimum absolute atomic E-state index is 0.640. The van der Waals surface area contributed by atoms with Crippen LogP contribution in [-0.2, 0) is 0 Å². The van der Waals surface area contributed by atoms with Crippen molar-refractivity contribution < 1.29 is 0 Å². The van der Waals surface area contributed by atoms with E-state index in [4.69, 9.17) is 5.73 Å². The molecule has 2 heterocycles. The number of rotatable bonds is 3. The first-order valence-corrected chi connectivity index (χ1v) is 5.89. The van der Waals surface area contributed by atoms with Gasteiger partial charge in [-0.1, -0.05) is 0 Å². The first-order valence-electron chi connectivity index (χ1n) is 5.89. The average molecular weight is 223 g/mol. The third-order valence-corrected chi connectivity index (χ3v) is 3.13. The first-order chi connectivity index (χ1) is 7.65. The Morgan fingerprint density at radius 1 is 1.62 bits per heavy atom. The van der Waals surface area contributed by atoms with Gasteiger partial charge in [-0.2, -0.15) is 0 Å². The maximum Gasteiger partial charge on any atom is 0.168 e. The summed E-state index contributed by atoms with van der Waals surface area (Å²) < 4.78 is 0. The fourth-order valence-corrected chi connectivity index (χ4v) is 2.33. The molecule has 0 aromatic carbocycles. The smallest absolute Gasteiger partial charge is 0.168 e. The Hall–Kier alpha value is -1.23. The van der Waals surface area contributed by atoms with E-state index in [-0.39, 0.29) is 0 Å². The molecule has 4 N–H and O–H groups in total. The van der Waals surface area contributed by atoms with Gasteiger partial charge in [-0.3, -0.25) is 0 Å². The largest absolute Gasteiger partial charge is 0.382 e. The zero-order valence-corrected chi connectivity index (χ0v) is 10.1. The summed E-state index contributed by atoms with van der Waals surface area (Å²) in [6.07, 6.45) is 2.58. The molecule has 1 fully saturated rings. The SMILES string of the molecule is Cc1nc(NCC2CCCN(C)C2)c(N)[nH]1. The minimum atomic E-state index is 0.640. The molecule has 90 valence electrons. The number of imidazole rings is 1. The van der Waals surface area contributed by atoms with Gasteiger partial charge < -0.3 is 20.9 Å². The second-order valence-electron chi connectivity index (χ2n) is 4.74. The summed E-state index contributed by atoms with van der Waals surface area (Å²) in [7, 11) is 2.18. The van der Waals surface area contributed by atoms with Crippen LogP contribution in [0.1, 0.15) is 18.7 Å². The van der Waals surface area contributed by atoms with Gasteiger partial charge in [-0.05, 0) is 39.3 Å². The summed E-state index contributed by atoms with van der Waals surface area (Å²) in [5.41, 5.74) is 5.79. The Kier molecular flexibility index (Phi) is 3.33. The van der Waals surface area contributed by atoms with E-state index < -0.39 is 0 Å². The van der Waals surface area contributed by atoms with Gasteiger partial charge in [-0.15, -0.1) is 0 Å². The predicted molar refractivity (Wildman–Crippen MR) is 66.4 cm³/mol. The highest BCUT2D eigenvalue weighted by atomic mass is 15.1. The van der Waals surface area contributed by atoms with Crippen molar-refractivity contribution in [2.24, 2.45) is 5.92 Å². The van der Waals surface area contributed by atoms with E-state index in [2.05, 4.69) is 27.2 Å². The molecule has 0 aliphatic carbocycles. The number of piperidine rings is 1. The average Bonchev–Trinajstić information content (AvgIpc) is 2.54. The molecule has 1 saturated heterocycles. The summed E-state index contributed by atoms with van der Waals surface area (Å²) in [5.74, 6) is 3.00. The van der Waals surface area contributed by atoms with E-state index in [1.807, 2.05) is 6.92 Å². The summed E-state index contributed by atoms with van der Waals surface area (Å²) in [6.45, 7) is 5.26. The molecular weight excluding hydrogens is 202 g/mol. The van der Waals surface area contributed by atoms with Gasteiger partial charge in [0, 0.05) is 13.1 Å². The molecule has 1 aromatic rings. The van der Waals surface area contributed by atoms with E-state index in [1.54, 1.807) is 0 Å². The molecule has 0 radical (unpaired) electrons. The molecule has 1 aliphatic heterocycles. The number of aromatic nitrogens is 2. The topological polar surface area (TPSA) is 70.0 Å². The zero-order valence-electron chi connectivity index (χ0n) is 10.1. The second kappa shape index (κ2) is 4.74. The van der Waals surface area contributed by atoms with Crippen molar-refractivity contribution in [2.45, 2.75) is 19.8 Å². The lowest BCUT2D eigenvalue weighted by Crippen LogP contribution is -2.35. The van der Waals surface area contributed by atoms with Crippen LogP contribution in [0.15, 0.2) is 0 Å². The van der Waals surface area contributed by atoms with Crippen LogP contribution in [-0.4, -0.2) is 41.5 Å². The van der Waals surface area contributed by atoms with E-state index >= 15 is 0 Å². The molecule has 5 nitrogen and oxygen atoms in total. The Morgan fingerprint density at radius 3 is 3.06 bits per heavy atom. The Morgan fingerprint density at radius 2 is 2.44 bits per heavy atom. The van der Waals surface area contributed by atoms with Crippen molar-refractivity contribution in [1.29, 1.82) is 0 Å². The number of likely N-dealkylation sites (tertiary alicyclic amines) is 1. The molecule has 0 spiro atoms. The number of nitrogens with zero attached hydrogens (tertiary/aromatic N) is 2. The molecule has 1 atom stereocenters. The van der Waals surface area contributed by atoms with E-state index in [9.17, 15) is 0 Å². The zero-order chi connectivity index (χ0) is 11.5. The molecule has 1 aliphatic rings. The number of nitrogens with one attached hydrogen (secondary N) is 2. The molecule has 0 amide bonds. The molecule has 0 saturated carbocycles. The van der Waals surface area contributed by atoms with Gasteiger partial charge >= 0.3 is 0 Å². The third-order valence-electron chi connectivity index (χ3n) is 3.13.